The predicted octanol–water partition coefficient (Wildman–Crippen LogP) is 2.54. The third kappa shape index (κ3) is 4.54. The van der Waals surface area contributed by atoms with Crippen LogP contribution in [0.4, 0.5) is 0 Å². The number of amides is 2. The Bertz CT molecular complexity index is 765. The van der Waals surface area contributed by atoms with E-state index in [2.05, 4.69) is 21.2 Å². The number of nitrogens with zero attached hydrogens (tertiary/aromatic N) is 1. The average Bonchev–Trinajstić information content (AvgIpc) is 3.02. The SMILES string of the molecule is Cl.NCCNC(=O)C1CCCN(C(=O)c2cc3cc(Br)ccc3o2)C1. The second kappa shape index (κ2) is 8.69. The molecule has 0 spiro atoms. The van der Waals surface area contributed by atoms with E-state index >= 15 is 0 Å². The molecule has 8 heteroatoms. The Morgan fingerprint density at radius 1 is 1.36 bits per heavy atom. The largest absolute Gasteiger partial charge is 0.451 e. The summed E-state index contributed by atoms with van der Waals surface area (Å²) >= 11 is 3.41. The summed E-state index contributed by atoms with van der Waals surface area (Å²) in [5, 5.41) is 3.68. The van der Waals surface area contributed by atoms with E-state index in [1.165, 1.54) is 0 Å². The first-order valence-corrected chi connectivity index (χ1v) is 8.84. The topological polar surface area (TPSA) is 88.6 Å². The summed E-state index contributed by atoms with van der Waals surface area (Å²) in [5.41, 5.74) is 6.09. The molecular formula is C17H21BrClN3O3. The van der Waals surface area contributed by atoms with Crippen LogP contribution >= 0.6 is 28.3 Å². The zero-order valence-corrected chi connectivity index (χ0v) is 16.1. The number of hydrogen-bond donors (Lipinski definition) is 2. The van der Waals surface area contributed by atoms with Gasteiger partial charge in [-0.15, -0.1) is 12.4 Å². The molecule has 3 rings (SSSR count). The van der Waals surface area contributed by atoms with Crippen molar-refractivity contribution in [3.63, 3.8) is 0 Å². The van der Waals surface area contributed by atoms with E-state index in [4.69, 9.17) is 10.2 Å². The molecule has 25 heavy (non-hydrogen) atoms. The minimum atomic E-state index is -0.187. The third-order valence-corrected chi connectivity index (χ3v) is 4.71. The summed E-state index contributed by atoms with van der Waals surface area (Å²) in [7, 11) is 0. The molecule has 2 heterocycles. The summed E-state index contributed by atoms with van der Waals surface area (Å²) in [6.07, 6.45) is 1.59. The van der Waals surface area contributed by atoms with E-state index < -0.39 is 0 Å². The van der Waals surface area contributed by atoms with Crippen molar-refractivity contribution in [2.24, 2.45) is 11.7 Å². The van der Waals surface area contributed by atoms with Crippen molar-refractivity contribution in [3.05, 3.63) is 34.5 Å². The number of furan rings is 1. The van der Waals surface area contributed by atoms with Crippen molar-refractivity contribution in [2.45, 2.75) is 12.8 Å². The molecule has 1 aromatic carbocycles. The van der Waals surface area contributed by atoms with Gasteiger partial charge >= 0.3 is 0 Å². The van der Waals surface area contributed by atoms with Gasteiger partial charge in [0.15, 0.2) is 5.76 Å². The molecule has 1 fully saturated rings. The maximum absolute atomic E-state index is 12.7. The zero-order valence-electron chi connectivity index (χ0n) is 13.7. The molecule has 0 bridgehead atoms. The normalized spacial score (nSPS) is 17.2. The van der Waals surface area contributed by atoms with E-state index in [0.717, 1.165) is 22.7 Å². The number of halogens is 2. The van der Waals surface area contributed by atoms with Crippen LogP contribution in [0.3, 0.4) is 0 Å². The van der Waals surface area contributed by atoms with Crippen molar-refractivity contribution in [2.75, 3.05) is 26.2 Å². The Hall–Kier alpha value is -1.57. The second-order valence-electron chi connectivity index (χ2n) is 5.96. The molecule has 1 unspecified atom stereocenters. The van der Waals surface area contributed by atoms with Gasteiger partial charge in [-0.3, -0.25) is 9.59 Å². The smallest absolute Gasteiger partial charge is 0.289 e. The summed E-state index contributed by atoms with van der Waals surface area (Å²) in [6, 6.07) is 7.36. The van der Waals surface area contributed by atoms with Gasteiger partial charge in [-0.25, -0.2) is 0 Å². The fourth-order valence-electron chi connectivity index (χ4n) is 2.99. The van der Waals surface area contributed by atoms with Crippen molar-refractivity contribution in [1.29, 1.82) is 0 Å². The number of nitrogens with two attached hydrogens (primary N) is 1. The van der Waals surface area contributed by atoms with Gasteiger partial charge in [-0.1, -0.05) is 15.9 Å². The molecule has 0 aliphatic carbocycles. The zero-order chi connectivity index (χ0) is 17.1. The van der Waals surface area contributed by atoms with Crippen LogP contribution in [-0.4, -0.2) is 42.9 Å². The molecule has 1 aromatic heterocycles. The van der Waals surface area contributed by atoms with Gasteiger partial charge in [-0.2, -0.15) is 0 Å². The van der Waals surface area contributed by atoms with Gasteiger partial charge in [-0.05, 0) is 37.1 Å². The van der Waals surface area contributed by atoms with Crippen LogP contribution in [-0.2, 0) is 4.79 Å². The van der Waals surface area contributed by atoms with E-state index in [9.17, 15) is 9.59 Å². The molecule has 1 atom stereocenters. The number of fused-ring (bicyclic) bond motifs is 1. The molecule has 0 saturated carbocycles. The van der Waals surface area contributed by atoms with Crippen molar-refractivity contribution >= 4 is 51.1 Å². The lowest BCUT2D eigenvalue weighted by molar-refractivity contribution is -0.126. The number of benzene rings is 1. The Morgan fingerprint density at radius 3 is 2.92 bits per heavy atom. The number of rotatable bonds is 4. The summed E-state index contributed by atoms with van der Waals surface area (Å²) < 4.78 is 6.60. The molecule has 1 saturated heterocycles. The Kier molecular flexibility index (Phi) is 6.87. The maximum atomic E-state index is 12.7. The Balaban J connectivity index is 0.00000225. The van der Waals surface area contributed by atoms with E-state index in [1.807, 2.05) is 18.2 Å². The molecule has 136 valence electrons. The highest BCUT2D eigenvalue weighted by Gasteiger charge is 2.30. The van der Waals surface area contributed by atoms with Gasteiger partial charge in [0.25, 0.3) is 5.91 Å². The van der Waals surface area contributed by atoms with E-state index in [1.54, 1.807) is 11.0 Å². The number of hydrogen-bond acceptors (Lipinski definition) is 4. The Morgan fingerprint density at radius 2 is 2.16 bits per heavy atom. The van der Waals surface area contributed by atoms with Crippen LogP contribution in [0.1, 0.15) is 23.4 Å². The lowest BCUT2D eigenvalue weighted by atomic mass is 9.97. The van der Waals surface area contributed by atoms with Crippen LogP contribution in [0.15, 0.2) is 33.2 Å². The monoisotopic (exact) mass is 429 g/mol. The number of nitrogens with one attached hydrogen (secondary N) is 1. The molecule has 0 radical (unpaired) electrons. The first-order chi connectivity index (χ1) is 11.6. The highest BCUT2D eigenvalue weighted by atomic mass is 79.9. The standard InChI is InChI=1S/C17H20BrN3O3.ClH/c18-13-3-4-14-12(8-13)9-15(24-14)17(23)21-7-1-2-11(10-21)16(22)20-6-5-19;/h3-4,8-9,11H,1-2,5-7,10,19H2,(H,20,22);1H. The van der Waals surface area contributed by atoms with Gasteiger partial charge in [0, 0.05) is 36.0 Å². The Labute approximate surface area is 160 Å². The highest BCUT2D eigenvalue weighted by Crippen LogP contribution is 2.25. The summed E-state index contributed by atoms with van der Waals surface area (Å²) in [4.78, 5) is 26.5. The van der Waals surface area contributed by atoms with Crippen LogP contribution in [0, 0.1) is 5.92 Å². The van der Waals surface area contributed by atoms with Crippen molar-refractivity contribution < 1.29 is 14.0 Å². The predicted molar refractivity (Wildman–Crippen MR) is 102 cm³/mol. The summed E-state index contributed by atoms with van der Waals surface area (Å²) in [6.45, 7) is 1.92. The number of likely N-dealkylation sites (tertiary alicyclic amines) is 1. The van der Waals surface area contributed by atoms with Gasteiger partial charge < -0.3 is 20.4 Å². The lowest BCUT2D eigenvalue weighted by Gasteiger charge is -2.31. The van der Waals surface area contributed by atoms with Crippen molar-refractivity contribution in [1.82, 2.24) is 10.2 Å². The van der Waals surface area contributed by atoms with E-state index in [0.29, 0.717) is 37.5 Å². The molecule has 2 amide bonds. The molecule has 1 aliphatic heterocycles. The molecule has 3 N–H and O–H groups in total. The molecule has 6 nitrogen and oxygen atoms in total. The van der Waals surface area contributed by atoms with Gasteiger partial charge in [0.2, 0.25) is 5.91 Å². The van der Waals surface area contributed by atoms with Gasteiger partial charge in [0.05, 0.1) is 5.92 Å². The quantitative estimate of drug-likeness (QED) is 0.780. The number of carbonyl (C=O) groups excluding carboxylic acids is 2. The van der Waals surface area contributed by atoms with E-state index in [-0.39, 0.29) is 30.1 Å². The van der Waals surface area contributed by atoms with Crippen LogP contribution in [0.25, 0.3) is 11.0 Å². The number of piperidine rings is 1. The van der Waals surface area contributed by atoms with Crippen molar-refractivity contribution in [3.8, 4) is 0 Å². The second-order valence-corrected chi connectivity index (χ2v) is 6.88. The third-order valence-electron chi connectivity index (χ3n) is 4.21. The molecule has 2 aromatic rings. The molecule has 1 aliphatic rings. The van der Waals surface area contributed by atoms with Gasteiger partial charge in [0.1, 0.15) is 5.58 Å². The number of carbonyl (C=O) groups is 2. The van der Waals surface area contributed by atoms with Crippen LogP contribution < -0.4 is 11.1 Å². The minimum absolute atomic E-state index is 0. The fourth-order valence-corrected chi connectivity index (χ4v) is 3.37. The minimum Gasteiger partial charge on any atom is -0.451 e. The lowest BCUT2D eigenvalue weighted by Crippen LogP contribution is -2.46. The fraction of sp³-hybridized carbons (Fsp3) is 0.412. The summed E-state index contributed by atoms with van der Waals surface area (Å²) in [5.74, 6) is -0.0796. The first-order valence-electron chi connectivity index (χ1n) is 8.04. The molecular weight excluding hydrogens is 410 g/mol. The van der Waals surface area contributed by atoms with Crippen LogP contribution in [0.2, 0.25) is 0 Å². The maximum Gasteiger partial charge on any atom is 0.289 e. The van der Waals surface area contributed by atoms with Crippen LogP contribution in [0.5, 0.6) is 0 Å². The first kappa shape index (κ1) is 19.8. The average molecular weight is 431 g/mol. The highest BCUT2D eigenvalue weighted by molar-refractivity contribution is 9.10.